The van der Waals surface area contributed by atoms with Gasteiger partial charge in [-0.15, -0.1) is 0 Å². The second kappa shape index (κ2) is 8.26. The van der Waals surface area contributed by atoms with Crippen molar-refractivity contribution in [1.29, 1.82) is 5.26 Å². The molecule has 10 heteroatoms. The van der Waals surface area contributed by atoms with Gasteiger partial charge < -0.3 is 14.5 Å². The van der Waals surface area contributed by atoms with E-state index in [1.54, 1.807) is 11.8 Å². The molecule has 0 bridgehead atoms. The lowest BCUT2D eigenvalue weighted by Gasteiger charge is -2.32. The molecule has 2 fully saturated rings. The van der Waals surface area contributed by atoms with Crippen molar-refractivity contribution in [3.63, 3.8) is 0 Å². The molecule has 0 radical (unpaired) electrons. The van der Waals surface area contributed by atoms with E-state index in [0.29, 0.717) is 38.4 Å². The number of hydrogen-bond acceptors (Lipinski definition) is 6. The minimum atomic E-state index is -3.91. The van der Waals surface area contributed by atoms with Crippen LogP contribution >= 0.6 is 0 Å². The first-order valence-electron chi connectivity index (χ1n) is 9.03. The highest BCUT2D eigenvalue weighted by molar-refractivity contribution is 7.89. The predicted molar refractivity (Wildman–Crippen MR) is 98.5 cm³/mol. The highest BCUT2D eigenvalue weighted by Gasteiger charge is 2.40. The highest BCUT2D eigenvalue weighted by atomic mass is 32.2. The zero-order valence-corrected chi connectivity index (χ0v) is 16.3. The van der Waals surface area contributed by atoms with E-state index in [-0.39, 0.29) is 17.2 Å². The Hall–Kier alpha value is -2.48. The Bertz CT molecular complexity index is 888. The van der Waals surface area contributed by atoms with Crippen molar-refractivity contribution in [2.45, 2.75) is 30.3 Å². The number of nitrogens with zero attached hydrogens (tertiary/aromatic N) is 3. The van der Waals surface area contributed by atoms with Crippen LogP contribution in [0.15, 0.2) is 29.2 Å². The van der Waals surface area contributed by atoms with Gasteiger partial charge in [-0.05, 0) is 37.6 Å². The van der Waals surface area contributed by atoms with Crippen LogP contribution in [-0.2, 0) is 24.3 Å². The summed E-state index contributed by atoms with van der Waals surface area (Å²) in [6.45, 7) is 3.88. The molecule has 1 aromatic rings. The fraction of sp³-hybridized carbons (Fsp3) is 0.500. The van der Waals surface area contributed by atoms with Gasteiger partial charge in [0.05, 0.1) is 29.7 Å². The van der Waals surface area contributed by atoms with Crippen LogP contribution < -0.4 is 4.72 Å². The number of rotatable bonds is 5. The van der Waals surface area contributed by atoms with Crippen LogP contribution in [0.25, 0.3) is 0 Å². The molecule has 2 saturated heterocycles. The third-order valence-electron chi connectivity index (χ3n) is 4.98. The Labute approximate surface area is 163 Å². The highest BCUT2D eigenvalue weighted by Crippen LogP contribution is 2.19. The standard InChI is InChI=1S/C18H22N4O5S/c1-13(17(23)21-8-10-27-11-9-21)22-7-6-16(18(22)24)20-28(25,26)15-4-2-14(12-19)3-5-15/h2-5,13,16,20H,6-11H2,1H3/t13-,16?/m0/s1. The number of amides is 2. The fourth-order valence-electron chi connectivity index (χ4n) is 3.34. The molecule has 3 rings (SSSR count). The molecule has 0 aromatic heterocycles. The van der Waals surface area contributed by atoms with Gasteiger partial charge in [0.15, 0.2) is 0 Å². The van der Waals surface area contributed by atoms with Crippen LogP contribution in [0, 0.1) is 11.3 Å². The number of likely N-dealkylation sites (tertiary alicyclic amines) is 1. The third-order valence-corrected chi connectivity index (χ3v) is 6.47. The van der Waals surface area contributed by atoms with Crippen LogP contribution in [0.1, 0.15) is 18.9 Å². The van der Waals surface area contributed by atoms with E-state index in [4.69, 9.17) is 10.00 Å². The molecule has 9 nitrogen and oxygen atoms in total. The monoisotopic (exact) mass is 406 g/mol. The predicted octanol–water partition coefficient (Wildman–Crippen LogP) is -0.315. The fourth-order valence-corrected chi connectivity index (χ4v) is 4.56. The van der Waals surface area contributed by atoms with E-state index < -0.39 is 28.0 Å². The largest absolute Gasteiger partial charge is 0.378 e. The van der Waals surface area contributed by atoms with Crippen molar-refractivity contribution < 1.29 is 22.7 Å². The maximum Gasteiger partial charge on any atom is 0.245 e. The topological polar surface area (TPSA) is 120 Å². The second-order valence-electron chi connectivity index (χ2n) is 6.74. The van der Waals surface area contributed by atoms with Crippen molar-refractivity contribution in [2.24, 2.45) is 0 Å². The Balaban J connectivity index is 1.66. The van der Waals surface area contributed by atoms with Gasteiger partial charge in [-0.1, -0.05) is 0 Å². The van der Waals surface area contributed by atoms with Crippen molar-refractivity contribution >= 4 is 21.8 Å². The number of carbonyl (C=O) groups excluding carboxylic acids is 2. The first-order valence-corrected chi connectivity index (χ1v) is 10.5. The Morgan fingerprint density at radius 3 is 2.50 bits per heavy atom. The first kappa shape index (κ1) is 20.3. The lowest BCUT2D eigenvalue weighted by atomic mass is 10.2. The molecule has 2 heterocycles. The summed E-state index contributed by atoms with van der Waals surface area (Å²) in [5, 5.41) is 8.81. The molecule has 150 valence electrons. The lowest BCUT2D eigenvalue weighted by Crippen LogP contribution is -2.52. The van der Waals surface area contributed by atoms with E-state index in [1.807, 2.05) is 6.07 Å². The van der Waals surface area contributed by atoms with Crippen LogP contribution in [0.4, 0.5) is 0 Å². The van der Waals surface area contributed by atoms with E-state index in [9.17, 15) is 18.0 Å². The molecule has 28 heavy (non-hydrogen) atoms. The van der Waals surface area contributed by atoms with Gasteiger partial charge in [-0.25, -0.2) is 8.42 Å². The molecule has 2 amide bonds. The number of nitrogens with one attached hydrogen (secondary N) is 1. The van der Waals surface area contributed by atoms with Gasteiger partial charge in [0.25, 0.3) is 0 Å². The summed E-state index contributed by atoms with van der Waals surface area (Å²) in [5.74, 6) is -0.571. The number of nitriles is 1. The summed E-state index contributed by atoms with van der Waals surface area (Å²) in [6, 6.07) is 5.80. The lowest BCUT2D eigenvalue weighted by molar-refractivity contribution is -0.146. The van der Waals surface area contributed by atoms with Crippen molar-refractivity contribution in [3.8, 4) is 6.07 Å². The SMILES string of the molecule is C[C@@H](C(=O)N1CCOCC1)N1CCC(NS(=O)(=O)c2ccc(C#N)cc2)C1=O. The minimum absolute atomic E-state index is 0.0183. The number of ether oxygens (including phenoxy) is 1. The number of morpholine rings is 1. The van der Waals surface area contributed by atoms with Gasteiger partial charge in [-0.3, -0.25) is 9.59 Å². The van der Waals surface area contributed by atoms with Crippen LogP contribution in [-0.4, -0.2) is 75.0 Å². The van der Waals surface area contributed by atoms with Crippen molar-refractivity contribution in [2.75, 3.05) is 32.8 Å². The first-order chi connectivity index (χ1) is 13.3. The maximum atomic E-state index is 12.7. The van der Waals surface area contributed by atoms with E-state index in [0.717, 1.165) is 0 Å². The summed E-state index contributed by atoms with van der Waals surface area (Å²) in [5.41, 5.74) is 0.345. The molecule has 2 atom stereocenters. The molecular formula is C18H22N4O5S. The smallest absolute Gasteiger partial charge is 0.245 e. The third kappa shape index (κ3) is 4.16. The molecule has 2 aliphatic heterocycles. The summed E-state index contributed by atoms with van der Waals surface area (Å²) in [7, 11) is -3.91. The number of hydrogen-bond donors (Lipinski definition) is 1. The van der Waals surface area contributed by atoms with Crippen LogP contribution in [0.2, 0.25) is 0 Å². The molecular weight excluding hydrogens is 384 g/mol. The summed E-state index contributed by atoms with van der Waals surface area (Å²) >= 11 is 0. The average molecular weight is 406 g/mol. The van der Waals surface area contributed by atoms with E-state index in [2.05, 4.69) is 4.72 Å². The molecule has 0 saturated carbocycles. The minimum Gasteiger partial charge on any atom is -0.378 e. The van der Waals surface area contributed by atoms with Gasteiger partial charge in [-0.2, -0.15) is 9.98 Å². The van der Waals surface area contributed by atoms with E-state index >= 15 is 0 Å². The Kier molecular flexibility index (Phi) is 5.98. The average Bonchev–Trinajstić information content (AvgIpc) is 3.07. The summed E-state index contributed by atoms with van der Waals surface area (Å²) in [4.78, 5) is 28.4. The summed E-state index contributed by atoms with van der Waals surface area (Å²) < 4.78 is 32.7. The molecule has 0 aliphatic carbocycles. The van der Waals surface area contributed by atoms with Gasteiger partial charge in [0, 0.05) is 19.6 Å². The number of carbonyl (C=O) groups is 2. The molecule has 2 aliphatic rings. The van der Waals surface area contributed by atoms with Gasteiger partial charge >= 0.3 is 0 Å². The molecule has 1 aromatic carbocycles. The Morgan fingerprint density at radius 1 is 1.25 bits per heavy atom. The molecule has 1 unspecified atom stereocenters. The van der Waals surface area contributed by atoms with Crippen LogP contribution in [0.5, 0.6) is 0 Å². The molecule has 1 N–H and O–H groups in total. The summed E-state index contributed by atoms with van der Waals surface area (Å²) in [6.07, 6.45) is 0.287. The van der Waals surface area contributed by atoms with Gasteiger partial charge in [0.2, 0.25) is 21.8 Å². The van der Waals surface area contributed by atoms with Gasteiger partial charge in [0.1, 0.15) is 12.1 Å². The Morgan fingerprint density at radius 2 is 1.89 bits per heavy atom. The van der Waals surface area contributed by atoms with Crippen molar-refractivity contribution in [3.05, 3.63) is 29.8 Å². The maximum absolute atomic E-state index is 12.7. The quantitative estimate of drug-likeness (QED) is 0.716. The van der Waals surface area contributed by atoms with Crippen LogP contribution in [0.3, 0.4) is 0 Å². The van der Waals surface area contributed by atoms with E-state index in [1.165, 1.54) is 29.2 Å². The molecule has 0 spiro atoms. The number of sulfonamides is 1. The second-order valence-corrected chi connectivity index (χ2v) is 8.46. The normalized spacial score (nSPS) is 21.4. The zero-order chi connectivity index (χ0) is 20.3. The van der Waals surface area contributed by atoms with Crippen molar-refractivity contribution in [1.82, 2.24) is 14.5 Å². The number of benzene rings is 1. The zero-order valence-electron chi connectivity index (χ0n) is 15.5.